The lowest BCUT2D eigenvalue weighted by molar-refractivity contribution is 0.235. The van der Waals surface area contributed by atoms with Crippen molar-refractivity contribution in [2.24, 2.45) is 11.7 Å². The van der Waals surface area contributed by atoms with Crippen LogP contribution in [0.1, 0.15) is 32.1 Å². The van der Waals surface area contributed by atoms with Gasteiger partial charge < -0.3 is 5.73 Å². The van der Waals surface area contributed by atoms with E-state index < -0.39 is 6.17 Å². The first-order valence-corrected chi connectivity index (χ1v) is 4.20. The first-order chi connectivity index (χ1) is 5.22. The summed E-state index contributed by atoms with van der Waals surface area (Å²) in [5.74, 6) is -0.266. The minimum absolute atomic E-state index is 0.0289. The average Bonchev–Trinajstić information content (AvgIpc) is 2.05. The Morgan fingerprint density at radius 2 is 1.91 bits per heavy atom. The number of halogens is 1. The number of hydrogen-bond donors (Lipinski definition) is 2. The van der Waals surface area contributed by atoms with Crippen molar-refractivity contribution in [2.75, 3.05) is 0 Å². The molecule has 0 amide bonds. The van der Waals surface area contributed by atoms with Gasteiger partial charge >= 0.3 is 0 Å². The summed E-state index contributed by atoms with van der Waals surface area (Å²) in [5, 5.41) is 6.94. The minimum atomic E-state index is -1.18. The predicted molar refractivity (Wildman–Crippen MR) is 43.4 cm³/mol. The van der Waals surface area contributed by atoms with E-state index in [4.69, 9.17) is 11.1 Å². The number of nitrogens with two attached hydrogens (primary N) is 1. The summed E-state index contributed by atoms with van der Waals surface area (Å²) < 4.78 is 13.1. The number of amidine groups is 1. The maximum absolute atomic E-state index is 13.1. The number of hydrogen-bond acceptors (Lipinski definition) is 1. The van der Waals surface area contributed by atoms with Crippen molar-refractivity contribution >= 4 is 5.84 Å². The normalized spacial score (nSPS) is 23.0. The molecule has 3 N–H and O–H groups in total. The molecular weight excluding hydrogens is 143 g/mol. The molecule has 1 atom stereocenters. The smallest absolute Gasteiger partial charge is 0.159 e. The molecule has 0 aliphatic heterocycles. The molecule has 1 fully saturated rings. The van der Waals surface area contributed by atoms with Crippen LogP contribution in [0.2, 0.25) is 0 Å². The second-order valence-corrected chi connectivity index (χ2v) is 3.26. The maximum atomic E-state index is 13.1. The van der Waals surface area contributed by atoms with E-state index in [2.05, 4.69) is 0 Å². The average molecular weight is 158 g/mol. The molecule has 1 rings (SSSR count). The van der Waals surface area contributed by atoms with Gasteiger partial charge in [0.25, 0.3) is 0 Å². The molecular formula is C8H15FN2. The molecule has 64 valence electrons. The Morgan fingerprint density at radius 1 is 1.36 bits per heavy atom. The van der Waals surface area contributed by atoms with Crippen LogP contribution >= 0.6 is 0 Å². The summed E-state index contributed by atoms with van der Waals surface area (Å²) in [6.07, 6.45) is 4.02. The summed E-state index contributed by atoms with van der Waals surface area (Å²) in [7, 11) is 0. The van der Waals surface area contributed by atoms with Gasteiger partial charge in [-0.2, -0.15) is 0 Å². The van der Waals surface area contributed by atoms with Gasteiger partial charge in [0, 0.05) is 0 Å². The molecule has 1 aliphatic rings. The van der Waals surface area contributed by atoms with Crippen molar-refractivity contribution in [2.45, 2.75) is 38.3 Å². The highest BCUT2D eigenvalue weighted by Crippen LogP contribution is 2.27. The first kappa shape index (κ1) is 8.50. The van der Waals surface area contributed by atoms with E-state index in [9.17, 15) is 4.39 Å². The van der Waals surface area contributed by atoms with E-state index in [-0.39, 0.29) is 11.8 Å². The molecule has 0 heterocycles. The van der Waals surface area contributed by atoms with E-state index in [0.29, 0.717) is 0 Å². The van der Waals surface area contributed by atoms with Gasteiger partial charge in [-0.15, -0.1) is 0 Å². The van der Waals surface area contributed by atoms with Crippen LogP contribution in [-0.2, 0) is 0 Å². The van der Waals surface area contributed by atoms with Gasteiger partial charge in [-0.05, 0) is 18.8 Å². The Labute approximate surface area is 66.5 Å². The quantitative estimate of drug-likeness (QED) is 0.467. The Bertz CT molecular complexity index is 141. The van der Waals surface area contributed by atoms with Crippen LogP contribution in [0.3, 0.4) is 0 Å². The zero-order valence-electron chi connectivity index (χ0n) is 6.65. The van der Waals surface area contributed by atoms with Crippen molar-refractivity contribution in [3.63, 3.8) is 0 Å². The second-order valence-electron chi connectivity index (χ2n) is 3.26. The molecule has 1 aliphatic carbocycles. The highest BCUT2D eigenvalue weighted by Gasteiger charge is 2.24. The van der Waals surface area contributed by atoms with E-state index in [1.54, 1.807) is 0 Å². The van der Waals surface area contributed by atoms with Crippen molar-refractivity contribution in [3.8, 4) is 0 Å². The van der Waals surface area contributed by atoms with Crippen molar-refractivity contribution in [1.29, 1.82) is 5.41 Å². The molecule has 2 nitrogen and oxygen atoms in total. The molecule has 0 aromatic carbocycles. The zero-order chi connectivity index (χ0) is 8.27. The van der Waals surface area contributed by atoms with Crippen LogP contribution in [0.25, 0.3) is 0 Å². The lowest BCUT2D eigenvalue weighted by atomic mass is 9.85. The Hall–Kier alpha value is -0.600. The van der Waals surface area contributed by atoms with Crippen LogP contribution in [0.15, 0.2) is 0 Å². The fraction of sp³-hybridized carbons (Fsp3) is 0.875. The first-order valence-electron chi connectivity index (χ1n) is 4.20. The molecule has 1 unspecified atom stereocenters. The second kappa shape index (κ2) is 3.69. The molecule has 3 heteroatoms. The summed E-state index contributed by atoms with van der Waals surface area (Å²) in [4.78, 5) is 0. The molecule has 1 saturated carbocycles. The van der Waals surface area contributed by atoms with Gasteiger partial charge in [-0.25, -0.2) is 4.39 Å². The number of rotatable bonds is 2. The SMILES string of the molecule is N=C(N)C(F)C1CCCCC1. The molecule has 11 heavy (non-hydrogen) atoms. The van der Waals surface area contributed by atoms with Crippen LogP contribution in [0, 0.1) is 11.3 Å². The third-order valence-corrected chi connectivity index (χ3v) is 2.36. The van der Waals surface area contributed by atoms with Gasteiger partial charge in [-0.3, -0.25) is 5.41 Å². The summed E-state index contributed by atoms with van der Waals surface area (Å²) >= 11 is 0. The predicted octanol–water partition coefficient (Wildman–Crippen LogP) is 1.84. The van der Waals surface area contributed by atoms with Crippen LogP contribution in [0.5, 0.6) is 0 Å². The maximum Gasteiger partial charge on any atom is 0.159 e. The van der Waals surface area contributed by atoms with Gasteiger partial charge in [0.05, 0.1) is 0 Å². The highest BCUT2D eigenvalue weighted by atomic mass is 19.1. The minimum Gasteiger partial charge on any atom is -0.385 e. The monoisotopic (exact) mass is 158 g/mol. The van der Waals surface area contributed by atoms with Gasteiger partial charge in [-0.1, -0.05) is 19.3 Å². The topological polar surface area (TPSA) is 49.9 Å². The molecule has 0 aromatic rings. The van der Waals surface area contributed by atoms with E-state index in [1.807, 2.05) is 0 Å². The van der Waals surface area contributed by atoms with Gasteiger partial charge in [0.2, 0.25) is 0 Å². The highest BCUT2D eigenvalue weighted by molar-refractivity contribution is 5.81. The lowest BCUT2D eigenvalue weighted by Gasteiger charge is -2.23. The van der Waals surface area contributed by atoms with E-state index >= 15 is 0 Å². The third-order valence-electron chi connectivity index (χ3n) is 2.36. The lowest BCUT2D eigenvalue weighted by Crippen LogP contribution is -2.32. The van der Waals surface area contributed by atoms with Gasteiger partial charge in [0.15, 0.2) is 6.17 Å². The van der Waals surface area contributed by atoms with Gasteiger partial charge in [0.1, 0.15) is 5.84 Å². The fourth-order valence-corrected chi connectivity index (χ4v) is 1.68. The van der Waals surface area contributed by atoms with Crippen LogP contribution < -0.4 is 5.73 Å². The van der Waals surface area contributed by atoms with E-state index in [1.165, 1.54) is 6.42 Å². The molecule has 0 radical (unpaired) electrons. The molecule has 0 spiro atoms. The van der Waals surface area contributed by atoms with Crippen LogP contribution in [0.4, 0.5) is 4.39 Å². The van der Waals surface area contributed by atoms with Crippen LogP contribution in [-0.4, -0.2) is 12.0 Å². The van der Waals surface area contributed by atoms with Crippen molar-refractivity contribution in [1.82, 2.24) is 0 Å². The zero-order valence-corrected chi connectivity index (χ0v) is 6.65. The Morgan fingerprint density at radius 3 is 2.36 bits per heavy atom. The third kappa shape index (κ3) is 2.17. The number of nitrogens with one attached hydrogen (secondary N) is 1. The fourth-order valence-electron chi connectivity index (χ4n) is 1.68. The molecule has 0 bridgehead atoms. The molecule has 0 saturated heterocycles. The van der Waals surface area contributed by atoms with Crippen molar-refractivity contribution in [3.05, 3.63) is 0 Å². The summed E-state index contributed by atoms with van der Waals surface area (Å²) in [6, 6.07) is 0. The van der Waals surface area contributed by atoms with Crippen molar-refractivity contribution < 1.29 is 4.39 Å². The standard InChI is InChI=1S/C8H15FN2/c9-7(8(10)11)6-4-2-1-3-5-6/h6-7H,1-5H2,(H3,10,11). The number of alkyl halides is 1. The molecule has 0 aromatic heterocycles. The largest absolute Gasteiger partial charge is 0.385 e. The Kier molecular flexibility index (Phi) is 2.85. The summed E-state index contributed by atoms with van der Waals surface area (Å²) in [5.41, 5.74) is 5.08. The Balaban J connectivity index is 2.38. The summed E-state index contributed by atoms with van der Waals surface area (Å²) in [6.45, 7) is 0. The van der Waals surface area contributed by atoms with E-state index in [0.717, 1.165) is 25.7 Å².